The van der Waals surface area contributed by atoms with Gasteiger partial charge in [0.15, 0.2) is 0 Å². The van der Waals surface area contributed by atoms with Crippen molar-refractivity contribution in [3.05, 3.63) is 28.3 Å². The Morgan fingerprint density at radius 2 is 2.00 bits per heavy atom. The maximum Gasteiger partial charge on any atom is 0.236 e. The number of halogens is 2. The van der Waals surface area contributed by atoms with Crippen molar-refractivity contribution in [3.8, 4) is 5.75 Å². The Bertz CT molecular complexity index is 454. The maximum absolute atomic E-state index is 10.8. The zero-order valence-electron chi connectivity index (χ0n) is 7.29. The van der Waals surface area contributed by atoms with Crippen molar-refractivity contribution >= 4 is 31.3 Å². The molecule has 1 N–H and O–H groups in total. The third-order valence-electron chi connectivity index (χ3n) is 1.73. The van der Waals surface area contributed by atoms with Crippen LogP contribution in [-0.2, 0) is 14.8 Å². The van der Waals surface area contributed by atoms with E-state index in [2.05, 4.69) is 0 Å². The van der Waals surface area contributed by atoms with Crippen LogP contribution < -0.4 is 0 Å². The first kappa shape index (κ1) is 11.6. The van der Waals surface area contributed by atoms with Crippen LogP contribution in [0.3, 0.4) is 0 Å². The van der Waals surface area contributed by atoms with Crippen LogP contribution >= 0.6 is 22.3 Å². The second-order valence-corrected chi connectivity index (χ2v) is 6.04. The fourth-order valence-corrected chi connectivity index (χ4v) is 2.32. The summed E-state index contributed by atoms with van der Waals surface area (Å²) in [4.78, 5) is 0. The first-order chi connectivity index (χ1) is 6.31. The summed E-state index contributed by atoms with van der Waals surface area (Å²) < 4.78 is 21.5. The molecule has 3 nitrogen and oxygen atoms in total. The number of phenolic OH excluding ortho intramolecular Hbond substituents is 1. The monoisotopic (exact) mass is 254 g/mol. The molecule has 0 aliphatic carbocycles. The molecule has 6 heteroatoms. The van der Waals surface area contributed by atoms with Crippen LogP contribution in [0.1, 0.15) is 11.1 Å². The van der Waals surface area contributed by atoms with Crippen molar-refractivity contribution in [1.29, 1.82) is 0 Å². The van der Waals surface area contributed by atoms with Gasteiger partial charge in [0.05, 0.1) is 10.8 Å². The lowest BCUT2D eigenvalue weighted by atomic mass is 10.1. The predicted octanol–water partition coefficient (Wildman–Crippen LogP) is 2.42. The second-order valence-electron chi connectivity index (χ2n) is 2.89. The molecule has 14 heavy (non-hydrogen) atoms. The highest BCUT2D eigenvalue weighted by molar-refractivity contribution is 8.13. The van der Waals surface area contributed by atoms with E-state index < -0.39 is 9.05 Å². The van der Waals surface area contributed by atoms with Crippen LogP contribution in [0.4, 0.5) is 0 Å². The molecular weight excluding hydrogens is 247 g/mol. The molecule has 0 radical (unpaired) electrons. The lowest BCUT2D eigenvalue weighted by molar-refractivity contribution is 0.471. The highest BCUT2D eigenvalue weighted by atomic mass is 35.7. The summed E-state index contributed by atoms with van der Waals surface area (Å²) in [5, 5.41) is 9.45. The Morgan fingerprint density at radius 3 is 2.50 bits per heavy atom. The second kappa shape index (κ2) is 3.96. The summed E-state index contributed by atoms with van der Waals surface area (Å²) in [6, 6.07) is 3.11. The topological polar surface area (TPSA) is 54.4 Å². The Balaban J connectivity index is 3.19. The molecule has 0 aliphatic rings. The van der Waals surface area contributed by atoms with Gasteiger partial charge in [-0.25, -0.2) is 8.42 Å². The van der Waals surface area contributed by atoms with E-state index in [9.17, 15) is 13.5 Å². The van der Waals surface area contributed by atoms with Crippen LogP contribution in [0.5, 0.6) is 5.75 Å². The van der Waals surface area contributed by atoms with Crippen LogP contribution in [-0.4, -0.2) is 13.5 Å². The van der Waals surface area contributed by atoms with Gasteiger partial charge in [0.1, 0.15) is 5.75 Å². The van der Waals surface area contributed by atoms with Crippen molar-refractivity contribution in [2.45, 2.75) is 12.7 Å². The van der Waals surface area contributed by atoms with Gasteiger partial charge < -0.3 is 5.11 Å². The van der Waals surface area contributed by atoms with Crippen LogP contribution in [0.25, 0.3) is 0 Å². The predicted molar refractivity (Wildman–Crippen MR) is 56.3 cm³/mol. The first-order valence-corrected chi connectivity index (χ1v) is 6.56. The number of hydrogen-bond acceptors (Lipinski definition) is 3. The number of hydrogen-bond donors (Lipinski definition) is 1. The van der Waals surface area contributed by atoms with Gasteiger partial charge in [-0.05, 0) is 18.1 Å². The minimum atomic E-state index is -3.65. The molecule has 78 valence electrons. The average molecular weight is 255 g/mol. The van der Waals surface area contributed by atoms with Gasteiger partial charge in [-0.3, -0.25) is 0 Å². The van der Waals surface area contributed by atoms with Gasteiger partial charge in [0.2, 0.25) is 9.05 Å². The quantitative estimate of drug-likeness (QED) is 0.825. The third kappa shape index (κ3) is 2.77. The summed E-state index contributed by atoms with van der Waals surface area (Å²) >= 11 is 5.73. The van der Waals surface area contributed by atoms with Gasteiger partial charge in [-0.1, -0.05) is 23.7 Å². The summed E-state index contributed by atoms with van der Waals surface area (Å²) in [7, 11) is 1.41. The van der Waals surface area contributed by atoms with E-state index in [-0.39, 0.29) is 16.5 Å². The van der Waals surface area contributed by atoms with Gasteiger partial charge in [0, 0.05) is 10.7 Å². The number of phenols is 1. The molecule has 0 saturated carbocycles. The van der Waals surface area contributed by atoms with Crippen molar-refractivity contribution in [2.24, 2.45) is 0 Å². The van der Waals surface area contributed by atoms with Gasteiger partial charge in [-0.15, -0.1) is 0 Å². The summed E-state index contributed by atoms with van der Waals surface area (Å²) in [5.41, 5.74) is 0.885. The molecule has 1 rings (SSSR count). The van der Waals surface area contributed by atoms with E-state index in [0.717, 1.165) is 0 Å². The normalized spacial score (nSPS) is 11.6. The average Bonchev–Trinajstić information content (AvgIpc) is 2.04. The highest BCUT2D eigenvalue weighted by Gasteiger charge is 2.13. The SMILES string of the molecule is Cc1ccc(CS(=O)(=O)Cl)c(Cl)c1O. The van der Waals surface area contributed by atoms with Crippen LogP contribution in [0.2, 0.25) is 5.02 Å². The molecule has 0 aliphatic heterocycles. The molecule has 0 heterocycles. The van der Waals surface area contributed by atoms with E-state index in [1.165, 1.54) is 6.07 Å². The number of benzene rings is 1. The van der Waals surface area contributed by atoms with E-state index in [4.69, 9.17) is 22.3 Å². The Morgan fingerprint density at radius 1 is 1.43 bits per heavy atom. The van der Waals surface area contributed by atoms with E-state index in [1.807, 2.05) is 0 Å². The van der Waals surface area contributed by atoms with E-state index in [1.54, 1.807) is 13.0 Å². The van der Waals surface area contributed by atoms with Crippen molar-refractivity contribution in [3.63, 3.8) is 0 Å². The van der Waals surface area contributed by atoms with Crippen LogP contribution in [0.15, 0.2) is 12.1 Å². The van der Waals surface area contributed by atoms with Crippen LogP contribution in [0, 0.1) is 6.92 Å². The summed E-state index contributed by atoms with van der Waals surface area (Å²) in [5.74, 6) is -0.495. The van der Waals surface area contributed by atoms with Crippen molar-refractivity contribution < 1.29 is 13.5 Å². The Labute approximate surface area is 91.7 Å². The number of rotatable bonds is 2. The molecule has 0 atom stereocenters. The lowest BCUT2D eigenvalue weighted by Gasteiger charge is -2.06. The first-order valence-electron chi connectivity index (χ1n) is 3.70. The maximum atomic E-state index is 10.8. The van der Waals surface area contributed by atoms with Gasteiger partial charge in [-0.2, -0.15) is 0 Å². The van der Waals surface area contributed by atoms with Gasteiger partial charge in [0.25, 0.3) is 0 Å². The minimum absolute atomic E-state index is 0.0363. The Hall–Kier alpha value is -0.450. The molecular formula is C8H8Cl2O3S. The summed E-state index contributed by atoms with van der Waals surface area (Å²) in [6.45, 7) is 1.67. The molecule has 0 fully saturated rings. The smallest absolute Gasteiger partial charge is 0.236 e. The molecule has 0 saturated heterocycles. The highest BCUT2D eigenvalue weighted by Crippen LogP contribution is 2.31. The molecule has 1 aromatic rings. The van der Waals surface area contributed by atoms with E-state index in [0.29, 0.717) is 11.1 Å². The number of aryl methyl sites for hydroxylation is 1. The zero-order valence-corrected chi connectivity index (χ0v) is 9.62. The Kier molecular flexibility index (Phi) is 3.29. The van der Waals surface area contributed by atoms with Crippen molar-refractivity contribution in [1.82, 2.24) is 0 Å². The molecule has 1 aromatic carbocycles. The fraction of sp³-hybridized carbons (Fsp3) is 0.250. The number of aromatic hydroxyl groups is 1. The lowest BCUT2D eigenvalue weighted by Crippen LogP contribution is -1.96. The van der Waals surface area contributed by atoms with E-state index >= 15 is 0 Å². The zero-order chi connectivity index (χ0) is 10.9. The largest absolute Gasteiger partial charge is 0.506 e. The molecule has 0 aromatic heterocycles. The minimum Gasteiger partial charge on any atom is -0.506 e. The fourth-order valence-electron chi connectivity index (χ4n) is 1.00. The molecule has 0 amide bonds. The third-order valence-corrected chi connectivity index (χ3v) is 3.13. The van der Waals surface area contributed by atoms with Gasteiger partial charge >= 0.3 is 0 Å². The molecule has 0 unspecified atom stereocenters. The summed E-state index contributed by atoms with van der Waals surface area (Å²) in [6.07, 6.45) is 0. The van der Waals surface area contributed by atoms with Crippen molar-refractivity contribution in [2.75, 3.05) is 0 Å². The standard InChI is InChI=1S/C8H8Cl2O3S/c1-5-2-3-6(4-14(10,12)13)7(9)8(5)11/h2-3,11H,4H2,1H3. The molecule has 0 spiro atoms. The molecule has 0 bridgehead atoms.